The number of nitrogens with zero attached hydrogens (tertiary/aromatic N) is 3. The van der Waals surface area contributed by atoms with Gasteiger partial charge in [0.25, 0.3) is 5.91 Å². The molecule has 2 aromatic heterocycles. The number of carbonyl (C=O) groups excluding carboxylic acids is 1. The second-order valence-corrected chi connectivity index (χ2v) is 5.40. The van der Waals surface area contributed by atoms with E-state index in [0.717, 1.165) is 25.1 Å². The maximum atomic E-state index is 12.5. The number of thiazole rings is 1. The molecule has 2 N–H and O–H groups in total. The lowest BCUT2D eigenvalue weighted by Crippen LogP contribution is -2.30. The minimum absolute atomic E-state index is 0.0159. The molecule has 98 valence electrons. The van der Waals surface area contributed by atoms with Crippen molar-refractivity contribution in [2.24, 2.45) is 0 Å². The highest BCUT2D eigenvalue weighted by atomic mass is 32.1. The number of aromatic nitrogens is 2. The van der Waals surface area contributed by atoms with Crippen LogP contribution in [0.5, 0.6) is 0 Å². The average molecular weight is 274 g/mol. The van der Waals surface area contributed by atoms with Gasteiger partial charge in [-0.3, -0.25) is 9.78 Å². The van der Waals surface area contributed by atoms with E-state index in [4.69, 9.17) is 5.73 Å². The van der Waals surface area contributed by atoms with E-state index in [9.17, 15) is 4.79 Å². The number of hydrogen-bond donors (Lipinski definition) is 1. The fourth-order valence-corrected chi connectivity index (χ4v) is 3.04. The van der Waals surface area contributed by atoms with Gasteiger partial charge in [0.15, 0.2) is 5.13 Å². The summed E-state index contributed by atoms with van der Waals surface area (Å²) in [5.41, 5.74) is 7.20. The third-order valence-electron chi connectivity index (χ3n) is 3.30. The van der Waals surface area contributed by atoms with Crippen molar-refractivity contribution in [1.29, 1.82) is 0 Å². The van der Waals surface area contributed by atoms with Crippen LogP contribution in [-0.2, 0) is 0 Å². The van der Waals surface area contributed by atoms with Crippen LogP contribution in [0.4, 0.5) is 5.13 Å². The number of pyridine rings is 1. The fourth-order valence-electron chi connectivity index (χ4n) is 2.43. The van der Waals surface area contributed by atoms with Crippen LogP contribution in [0.15, 0.2) is 29.9 Å². The Balaban J connectivity index is 1.86. The first kappa shape index (κ1) is 12.1. The van der Waals surface area contributed by atoms with Gasteiger partial charge in [0, 0.05) is 24.3 Å². The van der Waals surface area contributed by atoms with Crippen molar-refractivity contribution in [1.82, 2.24) is 14.9 Å². The van der Waals surface area contributed by atoms with Gasteiger partial charge in [-0.25, -0.2) is 4.98 Å². The lowest BCUT2D eigenvalue weighted by Gasteiger charge is -2.23. The molecular formula is C13H14N4OS. The molecule has 19 heavy (non-hydrogen) atoms. The van der Waals surface area contributed by atoms with Crippen molar-refractivity contribution in [3.05, 3.63) is 41.2 Å². The van der Waals surface area contributed by atoms with Gasteiger partial charge in [0.1, 0.15) is 0 Å². The quantitative estimate of drug-likeness (QED) is 0.910. The first-order valence-corrected chi connectivity index (χ1v) is 7.05. The minimum atomic E-state index is 0.0159. The van der Waals surface area contributed by atoms with Crippen molar-refractivity contribution < 1.29 is 4.79 Å². The highest BCUT2D eigenvalue weighted by molar-refractivity contribution is 7.13. The van der Waals surface area contributed by atoms with Crippen LogP contribution in [0, 0.1) is 0 Å². The largest absolute Gasteiger partial charge is 0.375 e. The zero-order valence-corrected chi connectivity index (χ0v) is 11.1. The Morgan fingerprint density at radius 3 is 3.11 bits per heavy atom. The second kappa shape index (κ2) is 4.97. The highest BCUT2D eigenvalue weighted by Crippen LogP contribution is 2.33. The molecular weight excluding hydrogens is 260 g/mol. The first-order valence-electron chi connectivity index (χ1n) is 6.17. The van der Waals surface area contributed by atoms with Crippen molar-refractivity contribution in [3.63, 3.8) is 0 Å². The third-order valence-corrected chi connectivity index (χ3v) is 4.00. The molecule has 1 amide bonds. The Bertz CT molecular complexity index is 583. The van der Waals surface area contributed by atoms with Crippen molar-refractivity contribution >= 4 is 22.4 Å². The van der Waals surface area contributed by atoms with Gasteiger partial charge in [-0.1, -0.05) is 0 Å². The number of nitrogen functional groups attached to an aromatic ring is 1. The van der Waals surface area contributed by atoms with Gasteiger partial charge >= 0.3 is 0 Å². The first-order chi connectivity index (χ1) is 9.25. The summed E-state index contributed by atoms with van der Waals surface area (Å²) in [6.45, 7) is 0.760. The van der Waals surface area contributed by atoms with Crippen molar-refractivity contribution in [2.45, 2.75) is 18.9 Å². The van der Waals surface area contributed by atoms with E-state index >= 15 is 0 Å². The van der Waals surface area contributed by atoms with Gasteiger partial charge in [-0.2, -0.15) is 0 Å². The molecule has 0 saturated carbocycles. The van der Waals surface area contributed by atoms with Gasteiger partial charge in [0.2, 0.25) is 0 Å². The molecule has 0 bridgehead atoms. The van der Waals surface area contributed by atoms with Crippen LogP contribution in [0.3, 0.4) is 0 Å². The van der Waals surface area contributed by atoms with Crippen LogP contribution in [0.2, 0.25) is 0 Å². The Hall–Kier alpha value is -1.95. The van der Waals surface area contributed by atoms with Gasteiger partial charge in [-0.05, 0) is 25.0 Å². The normalized spacial score (nSPS) is 18.7. The van der Waals surface area contributed by atoms with E-state index in [0.29, 0.717) is 10.7 Å². The summed E-state index contributed by atoms with van der Waals surface area (Å²) < 4.78 is 0. The molecule has 1 aliphatic rings. The zero-order valence-electron chi connectivity index (χ0n) is 10.3. The topological polar surface area (TPSA) is 72.1 Å². The standard InChI is InChI=1S/C13H14N4OS/c14-13-16-10(8-19-13)11-4-2-6-17(11)12(18)9-3-1-5-15-7-9/h1,3,5,7-8,11H,2,4,6H2,(H2,14,16)/t11-/m1/s1. The smallest absolute Gasteiger partial charge is 0.255 e. The van der Waals surface area contributed by atoms with Crippen LogP contribution >= 0.6 is 11.3 Å². The number of amides is 1. The average Bonchev–Trinajstić information content (AvgIpc) is 3.07. The lowest BCUT2D eigenvalue weighted by molar-refractivity contribution is 0.0733. The summed E-state index contributed by atoms with van der Waals surface area (Å²) in [5.74, 6) is 0.0159. The van der Waals surface area contributed by atoms with Gasteiger partial charge in [-0.15, -0.1) is 11.3 Å². The Kier molecular flexibility index (Phi) is 3.16. The third kappa shape index (κ3) is 2.31. The molecule has 0 aromatic carbocycles. The number of nitrogens with two attached hydrogens (primary N) is 1. The zero-order chi connectivity index (χ0) is 13.2. The molecule has 1 fully saturated rings. The van der Waals surface area contributed by atoms with Gasteiger partial charge in [0.05, 0.1) is 17.3 Å². The van der Waals surface area contributed by atoms with E-state index in [1.54, 1.807) is 24.5 Å². The maximum Gasteiger partial charge on any atom is 0.255 e. The number of likely N-dealkylation sites (tertiary alicyclic amines) is 1. The van der Waals surface area contributed by atoms with Crippen LogP contribution < -0.4 is 5.73 Å². The monoisotopic (exact) mass is 274 g/mol. The molecule has 0 spiro atoms. The Labute approximate surface area is 115 Å². The highest BCUT2D eigenvalue weighted by Gasteiger charge is 2.32. The van der Waals surface area contributed by atoms with Crippen LogP contribution in [-0.4, -0.2) is 27.3 Å². The predicted octanol–water partition coefficient (Wildman–Crippen LogP) is 2.10. The predicted molar refractivity (Wildman–Crippen MR) is 73.8 cm³/mol. The molecule has 3 heterocycles. The maximum absolute atomic E-state index is 12.5. The summed E-state index contributed by atoms with van der Waals surface area (Å²) in [6, 6.07) is 3.61. The molecule has 5 nitrogen and oxygen atoms in total. The second-order valence-electron chi connectivity index (χ2n) is 4.51. The summed E-state index contributed by atoms with van der Waals surface area (Å²) in [5, 5.41) is 2.49. The molecule has 0 aliphatic carbocycles. The van der Waals surface area contributed by atoms with E-state index in [2.05, 4.69) is 9.97 Å². The molecule has 6 heteroatoms. The number of hydrogen-bond acceptors (Lipinski definition) is 5. The van der Waals surface area contributed by atoms with Crippen LogP contribution in [0.25, 0.3) is 0 Å². The van der Waals surface area contributed by atoms with E-state index < -0.39 is 0 Å². The SMILES string of the molecule is Nc1nc([C@H]2CCCN2C(=O)c2cccnc2)cs1. The molecule has 2 aromatic rings. The molecule has 0 unspecified atom stereocenters. The van der Waals surface area contributed by atoms with Crippen LogP contribution in [0.1, 0.15) is 34.9 Å². The summed E-state index contributed by atoms with van der Waals surface area (Å²) >= 11 is 1.42. The number of rotatable bonds is 2. The molecule has 1 aliphatic heterocycles. The van der Waals surface area contributed by atoms with Crippen molar-refractivity contribution in [3.8, 4) is 0 Å². The van der Waals surface area contributed by atoms with Gasteiger partial charge < -0.3 is 10.6 Å². The molecule has 0 radical (unpaired) electrons. The summed E-state index contributed by atoms with van der Waals surface area (Å²) in [6.07, 6.45) is 5.20. The van der Waals surface area contributed by atoms with Crippen molar-refractivity contribution in [2.75, 3.05) is 12.3 Å². The Morgan fingerprint density at radius 2 is 2.42 bits per heavy atom. The molecule has 1 saturated heterocycles. The van der Waals surface area contributed by atoms with E-state index in [1.807, 2.05) is 10.3 Å². The summed E-state index contributed by atoms with van der Waals surface area (Å²) in [4.78, 5) is 22.6. The number of anilines is 1. The number of carbonyl (C=O) groups is 1. The molecule has 3 rings (SSSR count). The van der Waals surface area contributed by atoms with E-state index in [1.165, 1.54) is 11.3 Å². The fraction of sp³-hybridized carbons (Fsp3) is 0.308. The Morgan fingerprint density at radius 1 is 1.53 bits per heavy atom. The summed E-state index contributed by atoms with van der Waals surface area (Å²) in [7, 11) is 0. The van der Waals surface area contributed by atoms with E-state index in [-0.39, 0.29) is 11.9 Å². The molecule has 1 atom stereocenters. The minimum Gasteiger partial charge on any atom is -0.375 e. The lowest BCUT2D eigenvalue weighted by atomic mass is 10.1.